The molecule has 0 saturated carbocycles. The molecule has 0 fully saturated rings. The normalized spacial score (nSPS) is 10.5. The molecule has 1 heterocycles. The minimum absolute atomic E-state index is 0.0354. The molecule has 0 spiro atoms. The van der Waals surface area contributed by atoms with Crippen LogP contribution in [-0.4, -0.2) is 11.1 Å². The number of pyridine rings is 1. The summed E-state index contributed by atoms with van der Waals surface area (Å²) < 4.78 is 5.74. The van der Waals surface area contributed by atoms with Crippen LogP contribution >= 0.6 is 0 Å². The van der Waals surface area contributed by atoms with E-state index >= 15 is 0 Å². The number of aromatic nitrogens is 1. The highest BCUT2D eigenvalue weighted by atomic mass is 16.5. The van der Waals surface area contributed by atoms with Gasteiger partial charge in [0.15, 0.2) is 0 Å². The van der Waals surface area contributed by atoms with Crippen LogP contribution in [0, 0.1) is 18.3 Å². The summed E-state index contributed by atoms with van der Waals surface area (Å²) in [5, 5.41) is 9.99. The van der Waals surface area contributed by atoms with Gasteiger partial charge in [-0.05, 0) is 32.9 Å². The highest BCUT2D eigenvalue weighted by Gasteiger charge is 2.11. The molecule has 0 N–H and O–H groups in total. The van der Waals surface area contributed by atoms with Gasteiger partial charge >= 0.3 is 0 Å². The van der Waals surface area contributed by atoms with Gasteiger partial charge in [0, 0.05) is 11.6 Å². The number of rotatable bonds is 2. The quantitative estimate of drug-likeness (QED) is 0.789. The lowest BCUT2D eigenvalue weighted by Crippen LogP contribution is -2.07. The van der Waals surface area contributed by atoms with Crippen LogP contribution in [0.2, 0.25) is 0 Å². The number of aryl methyl sites for hydroxylation is 1. The van der Waals surface area contributed by atoms with Crippen molar-refractivity contribution in [2.75, 3.05) is 0 Å². The molecule has 1 aromatic heterocycles. The van der Waals surface area contributed by atoms with Crippen molar-refractivity contribution < 1.29 is 4.74 Å². The van der Waals surface area contributed by atoms with Crippen LogP contribution in [0.15, 0.2) is 24.4 Å². The Labute approximate surface area is 101 Å². The molecule has 0 aliphatic carbocycles. The predicted octanol–water partition coefficient (Wildman–Crippen LogP) is 3.20. The van der Waals surface area contributed by atoms with Gasteiger partial charge in [-0.2, -0.15) is 5.26 Å². The molecular weight excluding hydrogens is 212 g/mol. The molecule has 3 nitrogen and oxygen atoms in total. The predicted molar refractivity (Wildman–Crippen MR) is 67.0 cm³/mol. The number of hydrogen-bond acceptors (Lipinski definition) is 3. The second-order valence-electron chi connectivity index (χ2n) is 4.30. The number of nitriles is 1. The van der Waals surface area contributed by atoms with Crippen LogP contribution in [-0.2, 0) is 0 Å². The van der Waals surface area contributed by atoms with Crippen molar-refractivity contribution in [2.45, 2.75) is 26.9 Å². The molecule has 1 aromatic carbocycles. The first-order valence-corrected chi connectivity index (χ1v) is 5.58. The summed E-state index contributed by atoms with van der Waals surface area (Å²) in [6.45, 7) is 5.91. The number of hydrogen-bond donors (Lipinski definition) is 0. The maximum Gasteiger partial charge on any atom is 0.148 e. The minimum atomic E-state index is 0.0354. The molecule has 17 heavy (non-hydrogen) atoms. The van der Waals surface area contributed by atoms with Gasteiger partial charge in [0.1, 0.15) is 17.4 Å². The van der Waals surface area contributed by atoms with Gasteiger partial charge in [-0.3, -0.25) is 4.98 Å². The molecule has 0 atom stereocenters. The first-order chi connectivity index (χ1) is 8.11. The smallest absolute Gasteiger partial charge is 0.148 e. The molecule has 0 radical (unpaired) electrons. The Bertz CT molecular complexity index is 597. The molecule has 2 aromatic rings. The van der Waals surface area contributed by atoms with Crippen LogP contribution in [0.1, 0.15) is 25.0 Å². The lowest BCUT2D eigenvalue weighted by Gasteiger charge is -2.13. The topological polar surface area (TPSA) is 45.9 Å². The standard InChI is InChI=1S/C14H14N2O/c1-9(2)17-14-11(7-15)8-16-13-5-4-10(3)6-12(13)14/h4-6,8-9H,1-3H3. The maximum absolute atomic E-state index is 9.09. The zero-order chi connectivity index (χ0) is 12.4. The molecular formula is C14H14N2O. The van der Waals surface area contributed by atoms with E-state index in [1.165, 1.54) is 0 Å². The highest BCUT2D eigenvalue weighted by molar-refractivity contribution is 5.87. The Morgan fingerprint density at radius 2 is 2.12 bits per heavy atom. The Balaban J connectivity index is 2.73. The van der Waals surface area contributed by atoms with Crippen LogP contribution < -0.4 is 4.74 Å². The second-order valence-corrected chi connectivity index (χ2v) is 4.30. The van der Waals surface area contributed by atoms with Gasteiger partial charge < -0.3 is 4.74 Å². The molecule has 2 rings (SSSR count). The first-order valence-electron chi connectivity index (χ1n) is 5.58. The molecule has 0 bridgehead atoms. The van der Waals surface area contributed by atoms with Gasteiger partial charge in [0.2, 0.25) is 0 Å². The minimum Gasteiger partial charge on any atom is -0.489 e. The van der Waals surface area contributed by atoms with Crippen molar-refractivity contribution in [1.82, 2.24) is 4.98 Å². The fraction of sp³-hybridized carbons (Fsp3) is 0.286. The van der Waals surface area contributed by atoms with Gasteiger partial charge in [0.05, 0.1) is 11.6 Å². The summed E-state index contributed by atoms with van der Waals surface area (Å²) in [7, 11) is 0. The molecule has 0 saturated heterocycles. The lowest BCUT2D eigenvalue weighted by molar-refractivity contribution is 0.244. The van der Waals surface area contributed by atoms with E-state index in [2.05, 4.69) is 11.1 Å². The summed E-state index contributed by atoms with van der Waals surface area (Å²) in [4.78, 5) is 4.26. The monoisotopic (exact) mass is 226 g/mol. The Morgan fingerprint density at radius 1 is 1.35 bits per heavy atom. The van der Waals surface area contributed by atoms with Crippen molar-refractivity contribution in [3.63, 3.8) is 0 Å². The van der Waals surface area contributed by atoms with E-state index in [4.69, 9.17) is 10.00 Å². The number of benzene rings is 1. The average Bonchev–Trinajstić information content (AvgIpc) is 2.29. The van der Waals surface area contributed by atoms with Crippen LogP contribution in [0.25, 0.3) is 10.9 Å². The number of nitrogens with zero attached hydrogens (tertiary/aromatic N) is 2. The fourth-order valence-corrected chi connectivity index (χ4v) is 1.72. The zero-order valence-corrected chi connectivity index (χ0v) is 10.2. The summed E-state index contributed by atoms with van der Waals surface area (Å²) in [5.74, 6) is 0.635. The van der Waals surface area contributed by atoms with Crippen molar-refractivity contribution in [3.05, 3.63) is 35.5 Å². The largest absolute Gasteiger partial charge is 0.489 e. The second kappa shape index (κ2) is 4.42. The number of ether oxygens (including phenoxy) is 1. The summed E-state index contributed by atoms with van der Waals surface area (Å²) >= 11 is 0. The molecule has 0 unspecified atom stereocenters. The van der Waals surface area contributed by atoms with Crippen LogP contribution in [0.5, 0.6) is 5.75 Å². The summed E-state index contributed by atoms with van der Waals surface area (Å²) in [6, 6.07) is 8.07. The Kier molecular flexibility index (Phi) is 2.97. The number of fused-ring (bicyclic) bond motifs is 1. The Morgan fingerprint density at radius 3 is 2.76 bits per heavy atom. The maximum atomic E-state index is 9.09. The van der Waals surface area contributed by atoms with Crippen molar-refractivity contribution in [3.8, 4) is 11.8 Å². The van der Waals surface area contributed by atoms with E-state index in [0.717, 1.165) is 16.5 Å². The van der Waals surface area contributed by atoms with Gasteiger partial charge in [0.25, 0.3) is 0 Å². The van der Waals surface area contributed by atoms with E-state index in [-0.39, 0.29) is 6.10 Å². The third-order valence-corrected chi connectivity index (χ3v) is 2.45. The first kappa shape index (κ1) is 11.4. The van der Waals surface area contributed by atoms with E-state index < -0.39 is 0 Å². The molecule has 0 amide bonds. The zero-order valence-electron chi connectivity index (χ0n) is 10.2. The summed E-state index contributed by atoms with van der Waals surface area (Å²) in [5.41, 5.74) is 2.46. The van der Waals surface area contributed by atoms with E-state index in [9.17, 15) is 0 Å². The van der Waals surface area contributed by atoms with E-state index in [0.29, 0.717) is 11.3 Å². The van der Waals surface area contributed by atoms with Crippen molar-refractivity contribution in [2.24, 2.45) is 0 Å². The van der Waals surface area contributed by atoms with Gasteiger partial charge in [-0.1, -0.05) is 11.6 Å². The van der Waals surface area contributed by atoms with E-state index in [1.807, 2.05) is 39.0 Å². The SMILES string of the molecule is Cc1ccc2ncc(C#N)c(OC(C)C)c2c1. The molecule has 3 heteroatoms. The summed E-state index contributed by atoms with van der Waals surface area (Å²) in [6.07, 6.45) is 1.60. The third-order valence-electron chi connectivity index (χ3n) is 2.45. The van der Waals surface area contributed by atoms with Gasteiger partial charge in [-0.15, -0.1) is 0 Å². The lowest BCUT2D eigenvalue weighted by atomic mass is 10.1. The molecule has 0 aliphatic rings. The van der Waals surface area contributed by atoms with Crippen molar-refractivity contribution >= 4 is 10.9 Å². The highest BCUT2D eigenvalue weighted by Crippen LogP contribution is 2.29. The van der Waals surface area contributed by atoms with Crippen LogP contribution in [0.4, 0.5) is 0 Å². The third kappa shape index (κ3) is 2.21. The Hall–Kier alpha value is -2.08. The van der Waals surface area contributed by atoms with Crippen molar-refractivity contribution in [1.29, 1.82) is 5.26 Å². The average molecular weight is 226 g/mol. The molecule has 0 aliphatic heterocycles. The molecule has 86 valence electrons. The van der Waals surface area contributed by atoms with Gasteiger partial charge in [-0.25, -0.2) is 0 Å². The fourth-order valence-electron chi connectivity index (χ4n) is 1.72. The van der Waals surface area contributed by atoms with Crippen LogP contribution in [0.3, 0.4) is 0 Å². The van der Waals surface area contributed by atoms with E-state index in [1.54, 1.807) is 6.20 Å².